The Bertz CT molecular complexity index is 797. The molecule has 0 saturated carbocycles. The molecule has 0 amide bonds. The number of carbonyl (C=O) groups excluding carboxylic acids is 1. The first kappa shape index (κ1) is 16.3. The van der Waals surface area contributed by atoms with Crippen LogP contribution < -0.4 is 4.74 Å². The van der Waals surface area contributed by atoms with Gasteiger partial charge in [-0.1, -0.05) is 55.1 Å². The van der Waals surface area contributed by atoms with E-state index in [2.05, 4.69) is 6.58 Å². The van der Waals surface area contributed by atoms with Crippen molar-refractivity contribution >= 4 is 11.9 Å². The molecular formula is C20H17NO2. The summed E-state index contributed by atoms with van der Waals surface area (Å²) in [6.07, 6.45) is 3.21. The number of hydrogen-bond acceptors (Lipinski definition) is 3. The third-order valence-corrected chi connectivity index (χ3v) is 3.33. The van der Waals surface area contributed by atoms with Crippen LogP contribution in [0.1, 0.15) is 21.5 Å². The molecule has 0 aliphatic heterocycles. The lowest BCUT2D eigenvalue weighted by Gasteiger charge is -2.08. The summed E-state index contributed by atoms with van der Waals surface area (Å²) in [5, 5.41) is 9.38. The van der Waals surface area contributed by atoms with Gasteiger partial charge in [-0.2, -0.15) is 5.26 Å². The van der Waals surface area contributed by atoms with Gasteiger partial charge in [-0.25, -0.2) is 0 Å². The van der Waals surface area contributed by atoms with Crippen LogP contribution in [0, 0.1) is 18.3 Å². The number of benzene rings is 2. The van der Waals surface area contributed by atoms with Crippen LogP contribution in [0.2, 0.25) is 0 Å². The Balaban J connectivity index is 2.40. The normalized spacial score (nSPS) is 10.7. The molecule has 0 aliphatic rings. The van der Waals surface area contributed by atoms with Gasteiger partial charge in [-0.05, 0) is 24.6 Å². The number of hydrogen-bond donors (Lipinski definition) is 0. The van der Waals surface area contributed by atoms with Crippen molar-refractivity contribution in [3.05, 3.63) is 83.4 Å². The van der Waals surface area contributed by atoms with Gasteiger partial charge in [0.05, 0.1) is 0 Å². The van der Waals surface area contributed by atoms with Crippen molar-refractivity contribution < 1.29 is 9.53 Å². The minimum atomic E-state index is -0.288. The van der Waals surface area contributed by atoms with E-state index in [-0.39, 0.29) is 11.4 Å². The smallest absolute Gasteiger partial charge is 0.203 e. The molecule has 0 atom stereocenters. The van der Waals surface area contributed by atoms with E-state index in [1.165, 1.54) is 0 Å². The van der Waals surface area contributed by atoms with Crippen molar-refractivity contribution in [1.82, 2.24) is 0 Å². The first-order valence-corrected chi connectivity index (χ1v) is 7.22. The summed E-state index contributed by atoms with van der Waals surface area (Å²) in [5.74, 6) is 0.321. The van der Waals surface area contributed by atoms with Gasteiger partial charge < -0.3 is 4.74 Å². The Morgan fingerprint density at radius 1 is 1.22 bits per heavy atom. The maximum absolute atomic E-state index is 12.6. The van der Waals surface area contributed by atoms with Gasteiger partial charge in [-0.3, -0.25) is 4.79 Å². The molecule has 0 fully saturated rings. The molecule has 3 nitrogen and oxygen atoms in total. The largest absolute Gasteiger partial charge is 0.489 e. The van der Waals surface area contributed by atoms with Gasteiger partial charge in [0.25, 0.3) is 0 Å². The standard InChI is InChI=1S/C20H17NO2/c1-3-12-23-19-11-7-5-9-16(19)13-17(14-21)20(22)18-10-6-4-8-15(18)2/h3-11,13H,1,12H2,2H3/b17-13+. The molecule has 114 valence electrons. The van der Waals surface area contributed by atoms with Crippen LogP contribution in [0.5, 0.6) is 5.75 Å². The Morgan fingerprint density at radius 2 is 1.91 bits per heavy atom. The maximum atomic E-state index is 12.6. The summed E-state index contributed by atoms with van der Waals surface area (Å²) < 4.78 is 5.56. The monoisotopic (exact) mass is 303 g/mol. The molecule has 0 bridgehead atoms. The molecule has 2 rings (SSSR count). The van der Waals surface area contributed by atoms with Crippen molar-refractivity contribution in [2.75, 3.05) is 6.61 Å². The summed E-state index contributed by atoms with van der Waals surface area (Å²) in [6, 6.07) is 16.5. The number of carbonyl (C=O) groups is 1. The molecular weight excluding hydrogens is 286 g/mol. The van der Waals surface area contributed by atoms with E-state index < -0.39 is 0 Å². The highest BCUT2D eigenvalue weighted by atomic mass is 16.5. The molecule has 0 unspecified atom stereocenters. The molecule has 0 aliphatic carbocycles. The second kappa shape index (κ2) is 7.77. The number of nitrogens with zero attached hydrogens (tertiary/aromatic N) is 1. The summed E-state index contributed by atoms with van der Waals surface area (Å²) in [7, 11) is 0. The van der Waals surface area contributed by atoms with Crippen LogP contribution in [0.15, 0.2) is 66.8 Å². The lowest BCUT2D eigenvalue weighted by atomic mass is 9.98. The van der Waals surface area contributed by atoms with Gasteiger partial charge >= 0.3 is 0 Å². The number of ether oxygens (including phenoxy) is 1. The number of allylic oxidation sites excluding steroid dienone is 1. The zero-order valence-electron chi connectivity index (χ0n) is 13.0. The highest BCUT2D eigenvalue weighted by Gasteiger charge is 2.14. The summed E-state index contributed by atoms with van der Waals surface area (Å²) >= 11 is 0. The second-order valence-corrected chi connectivity index (χ2v) is 4.95. The Morgan fingerprint density at radius 3 is 2.61 bits per heavy atom. The van der Waals surface area contributed by atoms with Crippen LogP contribution >= 0.6 is 0 Å². The fourth-order valence-electron chi connectivity index (χ4n) is 2.16. The van der Waals surface area contributed by atoms with E-state index in [1.807, 2.05) is 37.3 Å². The molecule has 0 radical (unpaired) electrons. The molecule has 0 heterocycles. The van der Waals surface area contributed by atoms with Crippen molar-refractivity contribution in [3.8, 4) is 11.8 Å². The first-order chi connectivity index (χ1) is 11.2. The predicted molar refractivity (Wildman–Crippen MR) is 91.2 cm³/mol. The number of rotatable bonds is 6. The quantitative estimate of drug-likeness (QED) is 0.345. The summed E-state index contributed by atoms with van der Waals surface area (Å²) in [4.78, 5) is 12.6. The number of aryl methyl sites for hydroxylation is 1. The molecule has 23 heavy (non-hydrogen) atoms. The molecule has 3 heteroatoms. The fourth-order valence-corrected chi connectivity index (χ4v) is 2.16. The van der Waals surface area contributed by atoms with Gasteiger partial charge in [0, 0.05) is 11.1 Å². The van der Waals surface area contributed by atoms with Gasteiger partial charge in [0.15, 0.2) is 0 Å². The number of para-hydroxylation sites is 1. The highest BCUT2D eigenvalue weighted by molar-refractivity contribution is 6.14. The second-order valence-electron chi connectivity index (χ2n) is 4.95. The predicted octanol–water partition coefficient (Wildman–Crippen LogP) is 4.35. The van der Waals surface area contributed by atoms with Crippen LogP contribution in [0.3, 0.4) is 0 Å². The fraction of sp³-hybridized carbons (Fsp3) is 0.100. The summed E-state index contributed by atoms with van der Waals surface area (Å²) in [6.45, 7) is 5.82. The van der Waals surface area contributed by atoms with E-state index in [0.29, 0.717) is 23.5 Å². The highest BCUT2D eigenvalue weighted by Crippen LogP contribution is 2.22. The third-order valence-electron chi connectivity index (χ3n) is 3.33. The molecule has 0 aromatic heterocycles. The SMILES string of the molecule is C=CCOc1ccccc1/C=C(\C#N)C(=O)c1ccccc1C. The third kappa shape index (κ3) is 3.96. The van der Waals surface area contributed by atoms with Crippen molar-refractivity contribution in [2.24, 2.45) is 0 Å². The van der Waals surface area contributed by atoms with Crippen molar-refractivity contribution in [1.29, 1.82) is 5.26 Å². The minimum Gasteiger partial charge on any atom is -0.489 e. The van der Waals surface area contributed by atoms with E-state index in [0.717, 1.165) is 5.56 Å². The van der Waals surface area contributed by atoms with Gasteiger partial charge in [-0.15, -0.1) is 0 Å². The minimum absolute atomic E-state index is 0.0777. The zero-order chi connectivity index (χ0) is 16.7. The Hall–Kier alpha value is -3.12. The average molecular weight is 303 g/mol. The topological polar surface area (TPSA) is 50.1 Å². The summed E-state index contributed by atoms with van der Waals surface area (Å²) in [5.41, 5.74) is 2.14. The number of ketones is 1. The zero-order valence-corrected chi connectivity index (χ0v) is 13.0. The van der Waals surface area contributed by atoms with Crippen LogP contribution in [0.4, 0.5) is 0 Å². The maximum Gasteiger partial charge on any atom is 0.203 e. The molecule has 0 spiro atoms. The molecule has 2 aromatic rings. The Labute approximate surface area is 136 Å². The van der Waals surface area contributed by atoms with Gasteiger partial charge in [0.1, 0.15) is 24.0 Å². The molecule has 0 N–H and O–H groups in total. The van der Waals surface area contributed by atoms with Crippen LogP contribution in [0.25, 0.3) is 6.08 Å². The molecule has 0 saturated heterocycles. The average Bonchev–Trinajstić information content (AvgIpc) is 2.58. The van der Waals surface area contributed by atoms with E-state index >= 15 is 0 Å². The number of nitriles is 1. The van der Waals surface area contributed by atoms with E-state index in [1.54, 1.807) is 36.4 Å². The first-order valence-electron chi connectivity index (χ1n) is 7.22. The number of Topliss-reactive ketones (excluding diaryl/α,β-unsaturated/α-hetero) is 1. The van der Waals surface area contributed by atoms with Crippen molar-refractivity contribution in [2.45, 2.75) is 6.92 Å². The van der Waals surface area contributed by atoms with Gasteiger partial charge in [0.2, 0.25) is 5.78 Å². The van der Waals surface area contributed by atoms with Crippen LogP contribution in [-0.4, -0.2) is 12.4 Å². The Kier molecular flexibility index (Phi) is 5.49. The van der Waals surface area contributed by atoms with Crippen LogP contribution in [-0.2, 0) is 0 Å². The van der Waals surface area contributed by atoms with E-state index in [9.17, 15) is 10.1 Å². The lowest BCUT2D eigenvalue weighted by molar-refractivity contribution is 0.103. The lowest BCUT2D eigenvalue weighted by Crippen LogP contribution is -2.04. The molecule has 2 aromatic carbocycles. The van der Waals surface area contributed by atoms with E-state index in [4.69, 9.17) is 4.74 Å². The van der Waals surface area contributed by atoms with Crippen molar-refractivity contribution in [3.63, 3.8) is 0 Å².